The van der Waals surface area contributed by atoms with E-state index in [0.29, 0.717) is 6.54 Å². The minimum Gasteiger partial charge on any atom is -0.332 e. The van der Waals surface area contributed by atoms with Gasteiger partial charge in [0.2, 0.25) is 0 Å². The Kier molecular flexibility index (Phi) is 2.72. The third-order valence-electron chi connectivity index (χ3n) is 2.36. The maximum atomic E-state index is 11.6. The minimum atomic E-state index is -0.0335. The summed E-state index contributed by atoms with van der Waals surface area (Å²) in [7, 11) is 0. The molecule has 1 N–H and O–H groups in total. The number of amides is 2. The quantitative estimate of drug-likeness (QED) is 0.782. The van der Waals surface area contributed by atoms with E-state index in [0.717, 1.165) is 5.56 Å². The van der Waals surface area contributed by atoms with E-state index in [-0.39, 0.29) is 12.1 Å². The zero-order chi connectivity index (χ0) is 10.7. The van der Waals surface area contributed by atoms with Crippen LogP contribution in [0.3, 0.4) is 0 Å². The number of rotatable bonds is 2. The normalized spacial score (nSPS) is 20.2. The number of hydrogen-bond acceptors (Lipinski definition) is 1. The van der Waals surface area contributed by atoms with Gasteiger partial charge in [-0.15, -0.1) is 0 Å². The van der Waals surface area contributed by atoms with Crippen molar-refractivity contribution in [2.75, 3.05) is 0 Å². The number of urea groups is 1. The van der Waals surface area contributed by atoms with Crippen LogP contribution >= 0.6 is 0 Å². The molecule has 1 aromatic rings. The number of benzene rings is 1. The van der Waals surface area contributed by atoms with Gasteiger partial charge >= 0.3 is 6.03 Å². The number of nitrogens with one attached hydrogen (secondary N) is 1. The molecule has 1 aliphatic heterocycles. The van der Waals surface area contributed by atoms with Crippen LogP contribution in [-0.4, -0.2) is 17.0 Å². The molecular formula is C12H14N2O. The second-order valence-electron chi connectivity index (χ2n) is 3.69. The van der Waals surface area contributed by atoms with Crippen LogP contribution in [0.25, 0.3) is 0 Å². The summed E-state index contributed by atoms with van der Waals surface area (Å²) in [6.45, 7) is 2.57. The van der Waals surface area contributed by atoms with Crippen molar-refractivity contribution in [2.24, 2.45) is 0 Å². The highest BCUT2D eigenvalue weighted by atomic mass is 16.2. The third-order valence-corrected chi connectivity index (χ3v) is 2.36. The Hall–Kier alpha value is -1.77. The molecule has 0 bridgehead atoms. The Morgan fingerprint density at radius 1 is 1.33 bits per heavy atom. The maximum absolute atomic E-state index is 11.6. The lowest BCUT2D eigenvalue weighted by Crippen LogP contribution is -2.43. The molecule has 3 nitrogen and oxygen atoms in total. The predicted octanol–water partition coefficient (Wildman–Crippen LogP) is 2.11. The molecule has 0 radical (unpaired) electrons. The predicted molar refractivity (Wildman–Crippen MR) is 59.1 cm³/mol. The molecule has 15 heavy (non-hydrogen) atoms. The summed E-state index contributed by atoms with van der Waals surface area (Å²) in [5.41, 5.74) is 1.13. The molecule has 0 fully saturated rings. The first-order valence-corrected chi connectivity index (χ1v) is 5.05. The second-order valence-corrected chi connectivity index (χ2v) is 3.69. The van der Waals surface area contributed by atoms with E-state index < -0.39 is 0 Å². The molecule has 2 rings (SSSR count). The molecule has 0 spiro atoms. The fraction of sp³-hybridized carbons (Fsp3) is 0.250. The van der Waals surface area contributed by atoms with Gasteiger partial charge in [0, 0.05) is 12.2 Å². The summed E-state index contributed by atoms with van der Waals surface area (Å²) in [6.07, 6.45) is 3.82. The van der Waals surface area contributed by atoms with Gasteiger partial charge in [-0.25, -0.2) is 4.79 Å². The van der Waals surface area contributed by atoms with E-state index in [1.165, 1.54) is 0 Å². The molecule has 1 heterocycles. The van der Waals surface area contributed by atoms with Gasteiger partial charge in [0.25, 0.3) is 0 Å². The van der Waals surface area contributed by atoms with Crippen LogP contribution in [0, 0.1) is 0 Å². The average molecular weight is 202 g/mol. The maximum Gasteiger partial charge on any atom is 0.322 e. The van der Waals surface area contributed by atoms with Gasteiger partial charge in [0.15, 0.2) is 0 Å². The van der Waals surface area contributed by atoms with Crippen LogP contribution in [0.4, 0.5) is 4.79 Å². The number of hydrogen-bond donors (Lipinski definition) is 1. The highest BCUT2D eigenvalue weighted by Gasteiger charge is 2.16. The summed E-state index contributed by atoms with van der Waals surface area (Å²) in [5, 5.41) is 2.85. The Labute approximate surface area is 89.4 Å². The molecule has 1 atom stereocenters. The highest BCUT2D eigenvalue weighted by Crippen LogP contribution is 2.08. The summed E-state index contributed by atoms with van der Waals surface area (Å²) < 4.78 is 0. The van der Waals surface area contributed by atoms with Crippen molar-refractivity contribution in [3.8, 4) is 0 Å². The number of carbonyl (C=O) groups is 1. The lowest BCUT2D eigenvalue weighted by Gasteiger charge is -2.25. The first kappa shape index (κ1) is 9.77. The Morgan fingerprint density at radius 2 is 2.07 bits per heavy atom. The molecule has 78 valence electrons. The molecule has 0 saturated carbocycles. The fourth-order valence-corrected chi connectivity index (χ4v) is 1.53. The average Bonchev–Trinajstić information content (AvgIpc) is 2.24. The third kappa shape index (κ3) is 2.37. The summed E-state index contributed by atoms with van der Waals surface area (Å²) in [6, 6.07) is 10.0. The minimum absolute atomic E-state index is 0.0335. The van der Waals surface area contributed by atoms with Crippen LogP contribution in [0.2, 0.25) is 0 Å². The zero-order valence-corrected chi connectivity index (χ0v) is 8.68. The van der Waals surface area contributed by atoms with Crippen molar-refractivity contribution in [3.05, 3.63) is 48.2 Å². The van der Waals surface area contributed by atoms with Crippen LogP contribution < -0.4 is 5.32 Å². The van der Waals surface area contributed by atoms with Gasteiger partial charge in [-0.2, -0.15) is 0 Å². The number of nitrogens with zero attached hydrogens (tertiary/aromatic N) is 1. The van der Waals surface area contributed by atoms with Gasteiger partial charge in [0.05, 0.1) is 6.54 Å². The smallest absolute Gasteiger partial charge is 0.322 e. The van der Waals surface area contributed by atoms with Crippen molar-refractivity contribution in [1.82, 2.24) is 10.2 Å². The van der Waals surface area contributed by atoms with Crippen molar-refractivity contribution < 1.29 is 4.79 Å². The van der Waals surface area contributed by atoms with E-state index in [2.05, 4.69) is 5.32 Å². The van der Waals surface area contributed by atoms with E-state index in [1.807, 2.05) is 49.5 Å². The molecule has 1 unspecified atom stereocenters. The van der Waals surface area contributed by atoms with E-state index in [1.54, 1.807) is 4.90 Å². The van der Waals surface area contributed by atoms with Gasteiger partial charge < -0.3 is 5.32 Å². The molecule has 1 aromatic carbocycles. The van der Waals surface area contributed by atoms with E-state index in [4.69, 9.17) is 0 Å². The van der Waals surface area contributed by atoms with Crippen molar-refractivity contribution >= 4 is 6.03 Å². The van der Waals surface area contributed by atoms with Gasteiger partial charge in [0.1, 0.15) is 0 Å². The lowest BCUT2D eigenvalue weighted by atomic mass is 10.2. The Balaban J connectivity index is 2.07. The first-order chi connectivity index (χ1) is 7.25. The van der Waals surface area contributed by atoms with Crippen LogP contribution in [-0.2, 0) is 6.54 Å². The largest absolute Gasteiger partial charge is 0.332 e. The Morgan fingerprint density at radius 3 is 2.73 bits per heavy atom. The van der Waals surface area contributed by atoms with Gasteiger partial charge in [-0.3, -0.25) is 4.90 Å². The second kappa shape index (κ2) is 4.17. The summed E-state index contributed by atoms with van der Waals surface area (Å²) >= 11 is 0. The van der Waals surface area contributed by atoms with Crippen molar-refractivity contribution in [2.45, 2.75) is 19.5 Å². The molecule has 0 saturated heterocycles. The van der Waals surface area contributed by atoms with Crippen LogP contribution in [0.15, 0.2) is 42.6 Å². The molecule has 1 aliphatic rings. The van der Waals surface area contributed by atoms with Crippen LogP contribution in [0.1, 0.15) is 12.5 Å². The SMILES string of the molecule is CC1C=CN(Cc2ccccc2)C(=O)N1. The van der Waals surface area contributed by atoms with E-state index >= 15 is 0 Å². The molecule has 0 aliphatic carbocycles. The Bertz CT molecular complexity index is 372. The molecule has 0 aromatic heterocycles. The topological polar surface area (TPSA) is 32.3 Å². The molecule has 3 heteroatoms. The lowest BCUT2D eigenvalue weighted by molar-refractivity contribution is 0.208. The van der Waals surface area contributed by atoms with Gasteiger partial charge in [-0.05, 0) is 18.6 Å². The van der Waals surface area contributed by atoms with Crippen LogP contribution in [0.5, 0.6) is 0 Å². The fourth-order valence-electron chi connectivity index (χ4n) is 1.53. The first-order valence-electron chi connectivity index (χ1n) is 5.05. The monoisotopic (exact) mass is 202 g/mol. The van der Waals surface area contributed by atoms with Crippen molar-refractivity contribution in [1.29, 1.82) is 0 Å². The molecular weight excluding hydrogens is 188 g/mol. The summed E-state index contributed by atoms with van der Waals surface area (Å²) in [4.78, 5) is 13.2. The van der Waals surface area contributed by atoms with Gasteiger partial charge in [-0.1, -0.05) is 30.3 Å². The standard InChI is InChI=1S/C12H14N2O/c1-10-7-8-14(12(15)13-10)9-11-5-3-2-4-6-11/h2-8,10H,9H2,1H3,(H,13,15). The zero-order valence-electron chi connectivity index (χ0n) is 8.68. The summed E-state index contributed by atoms with van der Waals surface area (Å²) in [5.74, 6) is 0. The highest BCUT2D eigenvalue weighted by molar-refractivity contribution is 5.76. The molecule has 2 amide bonds. The van der Waals surface area contributed by atoms with E-state index in [9.17, 15) is 4.79 Å². The number of carbonyl (C=O) groups excluding carboxylic acids is 1. The van der Waals surface area contributed by atoms with Crippen molar-refractivity contribution in [3.63, 3.8) is 0 Å².